The Hall–Kier alpha value is -4.34. The molecule has 1 amide bonds. The van der Waals surface area contributed by atoms with Crippen molar-refractivity contribution in [1.82, 2.24) is 25.1 Å². The summed E-state index contributed by atoms with van der Waals surface area (Å²) in [5.41, 5.74) is 1.86. The second-order valence-electron chi connectivity index (χ2n) is 6.90. The minimum atomic E-state index is -0.264. The SMILES string of the molecule is COc1ccc(-c2nnc3ccc(OCCNC(=O)c4cc(OC)cc(OC)c4)nn23)cc1. The van der Waals surface area contributed by atoms with Gasteiger partial charge in [-0.1, -0.05) is 0 Å². The van der Waals surface area contributed by atoms with E-state index in [0.717, 1.165) is 11.3 Å². The van der Waals surface area contributed by atoms with Crippen LogP contribution >= 0.6 is 0 Å². The number of benzene rings is 2. The summed E-state index contributed by atoms with van der Waals surface area (Å²) in [6.07, 6.45) is 0. The Balaban J connectivity index is 1.39. The van der Waals surface area contributed by atoms with Crippen LogP contribution in [0.5, 0.6) is 23.1 Å². The summed E-state index contributed by atoms with van der Waals surface area (Å²) in [4.78, 5) is 12.5. The Morgan fingerprint density at radius 1 is 0.879 bits per heavy atom. The zero-order valence-electron chi connectivity index (χ0n) is 18.4. The largest absolute Gasteiger partial charge is 0.497 e. The molecule has 0 saturated heterocycles. The minimum Gasteiger partial charge on any atom is -0.497 e. The lowest BCUT2D eigenvalue weighted by atomic mass is 10.2. The Morgan fingerprint density at radius 3 is 2.24 bits per heavy atom. The van der Waals surface area contributed by atoms with Crippen LogP contribution in [0.4, 0.5) is 0 Å². The van der Waals surface area contributed by atoms with E-state index in [1.54, 1.807) is 42.0 Å². The molecule has 1 N–H and O–H groups in total. The molecule has 10 heteroatoms. The molecule has 4 rings (SSSR count). The van der Waals surface area contributed by atoms with Crippen molar-refractivity contribution < 1.29 is 23.7 Å². The van der Waals surface area contributed by atoms with Crippen LogP contribution in [-0.2, 0) is 0 Å². The average molecular weight is 449 g/mol. The van der Waals surface area contributed by atoms with Crippen LogP contribution < -0.4 is 24.3 Å². The van der Waals surface area contributed by atoms with E-state index in [-0.39, 0.29) is 19.1 Å². The molecule has 0 aliphatic rings. The van der Waals surface area contributed by atoms with Crippen molar-refractivity contribution in [2.24, 2.45) is 0 Å². The highest BCUT2D eigenvalue weighted by Crippen LogP contribution is 2.23. The van der Waals surface area contributed by atoms with Crippen molar-refractivity contribution >= 4 is 11.6 Å². The molecule has 0 aliphatic carbocycles. The molecule has 2 heterocycles. The summed E-state index contributed by atoms with van der Waals surface area (Å²) in [5.74, 6) is 2.52. The number of aromatic nitrogens is 4. The Bertz CT molecular complexity index is 1230. The third kappa shape index (κ3) is 4.95. The van der Waals surface area contributed by atoms with Gasteiger partial charge in [0.1, 0.15) is 23.9 Å². The van der Waals surface area contributed by atoms with Gasteiger partial charge in [-0.15, -0.1) is 15.3 Å². The number of fused-ring (bicyclic) bond motifs is 1. The van der Waals surface area contributed by atoms with Gasteiger partial charge in [0.25, 0.3) is 5.91 Å². The molecular weight excluding hydrogens is 426 g/mol. The fraction of sp³-hybridized carbons (Fsp3) is 0.217. The molecule has 0 fully saturated rings. The Kier molecular flexibility index (Phi) is 6.53. The van der Waals surface area contributed by atoms with E-state index in [0.29, 0.717) is 34.4 Å². The molecule has 2 aromatic carbocycles. The van der Waals surface area contributed by atoms with Gasteiger partial charge in [0.2, 0.25) is 5.88 Å². The van der Waals surface area contributed by atoms with Gasteiger partial charge >= 0.3 is 0 Å². The number of carbonyl (C=O) groups is 1. The first-order chi connectivity index (χ1) is 16.1. The number of amides is 1. The Morgan fingerprint density at radius 2 is 1.58 bits per heavy atom. The van der Waals surface area contributed by atoms with E-state index in [1.807, 2.05) is 24.3 Å². The number of carbonyl (C=O) groups excluding carboxylic acids is 1. The van der Waals surface area contributed by atoms with Crippen molar-refractivity contribution in [2.45, 2.75) is 0 Å². The zero-order chi connectivity index (χ0) is 23.2. The molecule has 0 saturated carbocycles. The summed E-state index contributed by atoms with van der Waals surface area (Å²) < 4.78 is 22.9. The van der Waals surface area contributed by atoms with Crippen LogP contribution in [0.3, 0.4) is 0 Å². The van der Waals surface area contributed by atoms with E-state index >= 15 is 0 Å². The number of rotatable bonds is 9. The first kappa shape index (κ1) is 21.9. The molecular formula is C23H23N5O5. The van der Waals surface area contributed by atoms with Crippen molar-refractivity contribution in [2.75, 3.05) is 34.5 Å². The van der Waals surface area contributed by atoms with Gasteiger partial charge in [-0.2, -0.15) is 4.52 Å². The lowest BCUT2D eigenvalue weighted by Gasteiger charge is -2.10. The van der Waals surface area contributed by atoms with Crippen LogP contribution in [-0.4, -0.2) is 60.2 Å². The maximum Gasteiger partial charge on any atom is 0.251 e. The second kappa shape index (κ2) is 9.86. The number of hydrogen-bond acceptors (Lipinski definition) is 8. The summed E-state index contributed by atoms with van der Waals surface area (Å²) in [6.45, 7) is 0.511. The van der Waals surface area contributed by atoms with Crippen molar-refractivity contribution in [3.63, 3.8) is 0 Å². The summed E-state index contributed by atoms with van der Waals surface area (Å²) in [7, 11) is 4.68. The second-order valence-corrected chi connectivity index (χ2v) is 6.90. The van der Waals surface area contributed by atoms with E-state index in [4.69, 9.17) is 18.9 Å². The normalized spacial score (nSPS) is 10.6. The van der Waals surface area contributed by atoms with Crippen LogP contribution in [0.25, 0.3) is 17.0 Å². The lowest BCUT2D eigenvalue weighted by Crippen LogP contribution is -2.28. The van der Waals surface area contributed by atoms with Gasteiger partial charge in [-0.25, -0.2) is 0 Å². The predicted octanol–water partition coefficient (Wildman–Crippen LogP) is 2.63. The standard InChI is InChI=1S/C23H23N5O5/c1-30-17-6-4-15(5-7-17)22-26-25-20-8-9-21(27-28(20)22)33-11-10-24-23(29)16-12-18(31-2)14-19(13-16)32-3/h4-9,12-14H,10-11H2,1-3H3,(H,24,29). The number of nitrogens with one attached hydrogen (secondary N) is 1. The lowest BCUT2D eigenvalue weighted by molar-refractivity contribution is 0.0945. The molecule has 10 nitrogen and oxygen atoms in total. The fourth-order valence-electron chi connectivity index (χ4n) is 3.13. The minimum absolute atomic E-state index is 0.228. The molecule has 4 aromatic rings. The maximum atomic E-state index is 12.5. The van der Waals surface area contributed by atoms with Gasteiger partial charge in [0, 0.05) is 23.3 Å². The van der Waals surface area contributed by atoms with Crippen molar-refractivity contribution in [3.8, 4) is 34.5 Å². The van der Waals surface area contributed by atoms with Crippen molar-refractivity contribution in [3.05, 3.63) is 60.2 Å². The molecule has 0 spiro atoms. The van der Waals surface area contributed by atoms with Crippen LogP contribution in [0.15, 0.2) is 54.6 Å². The van der Waals surface area contributed by atoms with Crippen LogP contribution in [0, 0.1) is 0 Å². The highest BCUT2D eigenvalue weighted by molar-refractivity contribution is 5.95. The molecule has 0 radical (unpaired) electrons. The predicted molar refractivity (Wildman–Crippen MR) is 120 cm³/mol. The van der Waals surface area contributed by atoms with Crippen LogP contribution in [0.1, 0.15) is 10.4 Å². The number of nitrogens with zero attached hydrogens (tertiary/aromatic N) is 4. The third-order valence-corrected chi connectivity index (χ3v) is 4.84. The van der Waals surface area contributed by atoms with Gasteiger partial charge < -0.3 is 24.3 Å². The number of methoxy groups -OCH3 is 3. The monoisotopic (exact) mass is 449 g/mol. The Labute approximate surface area is 190 Å². The van der Waals surface area contributed by atoms with Crippen LogP contribution in [0.2, 0.25) is 0 Å². The molecule has 0 bridgehead atoms. The first-order valence-corrected chi connectivity index (χ1v) is 10.1. The summed E-state index contributed by atoms with van der Waals surface area (Å²) in [6, 6.07) is 15.9. The molecule has 170 valence electrons. The fourth-order valence-corrected chi connectivity index (χ4v) is 3.13. The maximum absolute atomic E-state index is 12.5. The highest BCUT2D eigenvalue weighted by Gasteiger charge is 2.12. The van der Waals surface area contributed by atoms with Crippen molar-refractivity contribution in [1.29, 1.82) is 0 Å². The van der Waals surface area contributed by atoms with Gasteiger partial charge in [0.05, 0.1) is 27.9 Å². The molecule has 2 aromatic heterocycles. The highest BCUT2D eigenvalue weighted by atomic mass is 16.5. The van der Waals surface area contributed by atoms with E-state index in [2.05, 4.69) is 20.6 Å². The summed E-state index contributed by atoms with van der Waals surface area (Å²) >= 11 is 0. The molecule has 33 heavy (non-hydrogen) atoms. The quantitative estimate of drug-likeness (QED) is 0.389. The van der Waals surface area contributed by atoms with E-state index < -0.39 is 0 Å². The molecule has 0 unspecified atom stereocenters. The van der Waals surface area contributed by atoms with Gasteiger partial charge in [-0.05, 0) is 42.5 Å². The average Bonchev–Trinajstić information content (AvgIpc) is 3.29. The third-order valence-electron chi connectivity index (χ3n) is 4.84. The molecule has 0 atom stereocenters. The topological polar surface area (TPSA) is 109 Å². The van der Waals surface area contributed by atoms with E-state index in [1.165, 1.54) is 14.2 Å². The summed E-state index contributed by atoms with van der Waals surface area (Å²) in [5, 5.41) is 15.6. The number of hydrogen-bond donors (Lipinski definition) is 1. The van der Waals surface area contributed by atoms with Gasteiger partial charge in [0.15, 0.2) is 11.5 Å². The number of ether oxygens (including phenoxy) is 4. The molecule has 0 aliphatic heterocycles. The van der Waals surface area contributed by atoms with E-state index in [9.17, 15) is 4.79 Å². The first-order valence-electron chi connectivity index (χ1n) is 10.1. The smallest absolute Gasteiger partial charge is 0.251 e. The van der Waals surface area contributed by atoms with Gasteiger partial charge in [-0.3, -0.25) is 4.79 Å². The zero-order valence-corrected chi connectivity index (χ0v) is 18.4.